The molecule has 0 aliphatic heterocycles. The number of benzene rings is 2. The molecule has 0 fully saturated rings. The molecule has 0 spiro atoms. The molecule has 2 nitrogen and oxygen atoms in total. The predicted molar refractivity (Wildman–Crippen MR) is 102 cm³/mol. The van der Waals surface area contributed by atoms with Gasteiger partial charge in [-0.25, -0.2) is 0 Å². The Labute approximate surface area is 150 Å². The lowest BCUT2D eigenvalue weighted by Gasteiger charge is -2.44. The topological polar surface area (TPSA) is 40.5 Å². The molecule has 1 aliphatic carbocycles. The molecule has 3 rings (SSSR count). The molecule has 0 aromatic heterocycles. The van der Waals surface area contributed by atoms with Gasteiger partial charge in [-0.2, -0.15) is 0 Å². The number of hydrogen-bond acceptors (Lipinski definition) is 2. The van der Waals surface area contributed by atoms with Crippen molar-refractivity contribution in [2.45, 2.75) is 32.0 Å². The van der Waals surface area contributed by atoms with Crippen LogP contribution in [0.4, 0.5) is 0 Å². The Bertz CT molecular complexity index is 722. The Hall–Kier alpha value is -2.16. The van der Waals surface area contributed by atoms with Crippen molar-refractivity contribution in [3.8, 4) is 0 Å². The van der Waals surface area contributed by atoms with Crippen molar-refractivity contribution in [1.82, 2.24) is 0 Å². The van der Waals surface area contributed by atoms with Crippen molar-refractivity contribution < 1.29 is 10.2 Å². The standard InChI is InChI=1S/C23H26O2/c1-16(2)20-15-22(24)17(3)14-21(20)23(25,18-10-6-4-7-11-18)19-12-8-5-9-13-19/h4-14,20-22,24-25H,1,15H2,2-3H3. The molecule has 0 saturated heterocycles. The summed E-state index contributed by atoms with van der Waals surface area (Å²) in [5.41, 5.74) is 2.44. The second-order valence-electron chi connectivity index (χ2n) is 7.14. The van der Waals surface area contributed by atoms with E-state index in [9.17, 15) is 10.2 Å². The van der Waals surface area contributed by atoms with E-state index in [-0.39, 0.29) is 11.8 Å². The zero-order chi connectivity index (χ0) is 18.0. The molecule has 0 radical (unpaired) electrons. The van der Waals surface area contributed by atoms with Crippen LogP contribution in [0.5, 0.6) is 0 Å². The number of rotatable bonds is 4. The highest BCUT2D eigenvalue weighted by Crippen LogP contribution is 2.47. The van der Waals surface area contributed by atoms with Crippen molar-refractivity contribution in [1.29, 1.82) is 0 Å². The first kappa shape index (κ1) is 17.7. The van der Waals surface area contributed by atoms with E-state index in [0.29, 0.717) is 6.42 Å². The molecular weight excluding hydrogens is 308 g/mol. The third-order valence-corrected chi connectivity index (χ3v) is 5.42. The molecule has 130 valence electrons. The molecule has 2 N–H and O–H groups in total. The van der Waals surface area contributed by atoms with E-state index in [0.717, 1.165) is 22.3 Å². The summed E-state index contributed by atoms with van der Waals surface area (Å²) in [6, 6.07) is 19.6. The average molecular weight is 334 g/mol. The van der Waals surface area contributed by atoms with E-state index in [2.05, 4.69) is 6.58 Å². The van der Waals surface area contributed by atoms with Gasteiger partial charge in [0, 0.05) is 5.92 Å². The fourth-order valence-electron chi connectivity index (χ4n) is 3.94. The Morgan fingerprint density at radius 3 is 1.92 bits per heavy atom. The second-order valence-corrected chi connectivity index (χ2v) is 7.14. The van der Waals surface area contributed by atoms with Gasteiger partial charge in [-0.1, -0.05) is 78.9 Å². The van der Waals surface area contributed by atoms with Crippen molar-refractivity contribution in [2.24, 2.45) is 11.8 Å². The van der Waals surface area contributed by atoms with E-state index in [1.165, 1.54) is 0 Å². The summed E-state index contributed by atoms with van der Waals surface area (Å²) in [6.45, 7) is 8.05. The van der Waals surface area contributed by atoms with Crippen LogP contribution in [-0.4, -0.2) is 16.3 Å². The molecule has 0 heterocycles. The molecular formula is C23H26O2. The van der Waals surface area contributed by atoms with Crippen LogP contribution in [0, 0.1) is 11.8 Å². The van der Waals surface area contributed by atoms with Crippen LogP contribution in [0.1, 0.15) is 31.4 Å². The van der Waals surface area contributed by atoms with Gasteiger partial charge < -0.3 is 10.2 Å². The first-order chi connectivity index (χ1) is 11.9. The lowest BCUT2D eigenvalue weighted by atomic mass is 9.64. The van der Waals surface area contributed by atoms with Crippen molar-refractivity contribution in [2.75, 3.05) is 0 Å². The van der Waals surface area contributed by atoms with E-state index in [1.807, 2.05) is 80.6 Å². The molecule has 3 unspecified atom stereocenters. The summed E-state index contributed by atoms with van der Waals surface area (Å²) in [5, 5.41) is 22.4. The van der Waals surface area contributed by atoms with Gasteiger partial charge in [-0.05, 0) is 42.9 Å². The highest BCUT2D eigenvalue weighted by molar-refractivity contribution is 5.40. The Kier molecular flexibility index (Phi) is 4.94. The van der Waals surface area contributed by atoms with Crippen molar-refractivity contribution in [3.63, 3.8) is 0 Å². The summed E-state index contributed by atoms with van der Waals surface area (Å²) in [5.74, 6) is -0.178. The lowest BCUT2D eigenvalue weighted by molar-refractivity contribution is 0.00247. The smallest absolute Gasteiger partial charge is 0.121 e. The normalized spacial score (nSPS) is 23.8. The van der Waals surface area contributed by atoms with Gasteiger partial charge in [0.2, 0.25) is 0 Å². The minimum Gasteiger partial charge on any atom is -0.389 e. The third kappa shape index (κ3) is 3.20. The number of hydrogen-bond donors (Lipinski definition) is 2. The summed E-state index contributed by atoms with van der Waals surface area (Å²) >= 11 is 0. The minimum atomic E-state index is -1.17. The molecule has 3 atom stereocenters. The summed E-state index contributed by atoms with van der Waals surface area (Å²) in [7, 11) is 0. The number of aliphatic hydroxyl groups is 2. The highest BCUT2D eigenvalue weighted by atomic mass is 16.3. The van der Waals surface area contributed by atoms with Gasteiger partial charge in [0.05, 0.1) is 6.10 Å². The molecule has 2 aromatic carbocycles. The molecule has 0 saturated carbocycles. The zero-order valence-corrected chi connectivity index (χ0v) is 14.9. The highest BCUT2D eigenvalue weighted by Gasteiger charge is 2.45. The fraction of sp³-hybridized carbons (Fsp3) is 0.304. The first-order valence-electron chi connectivity index (χ1n) is 8.79. The van der Waals surface area contributed by atoms with Crippen LogP contribution < -0.4 is 0 Å². The Balaban J connectivity index is 2.22. The summed E-state index contributed by atoms with van der Waals surface area (Å²) in [4.78, 5) is 0. The van der Waals surface area contributed by atoms with Gasteiger partial charge in [-0.15, -0.1) is 0 Å². The van der Waals surface area contributed by atoms with Gasteiger partial charge in [0.25, 0.3) is 0 Å². The average Bonchev–Trinajstić information content (AvgIpc) is 2.64. The van der Waals surface area contributed by atoms with Gasteiger partial charge in [0.1, 0.15) is 5.60 Å². The first-order valence-corrected chi connectivity index (χ1v) is 8.79. The van der Waals surface area contributed by atoms with Crippen molar-refractivity contribution >= 4 is 0 Å². The molecule has 2 heteroatoms. The van der Waals surface area contributed by atoms with Gasteiger partial charge in [-0.3, -0.25) is 0 Å². The zero-order valence-electron chi connectivity index (χ0n) is 14.9. The Morgan fingerprint density at radius 2 is 1.48 bits per heavy atom. The van der Waals surface area contributed by atoms with E-state index >= 15 is 0 Å². The molecule has 0 amide bonds. The quantitative estimate of drug-likeness (QED) is 0.812. The van der Waals surface area contributed by atoms with E-state index in [4.69, 9.17) is 0 Å². The lowest BCUT2D eigenvalue weighted by Crippen LogP contribution is -2.43. The van der Waals surface area contributed by atoms with Crippen molar-refractivity contribution in [3.05, 3.63) is 95.6 Å². The maximum absolute atomic E-state index is 12.0. The third-order valence-electron chi connectivity index (χ3n) is 5.42. The van der Waals surface area contributed by atoms with Crippen LogP contribution in [0.3, 0.4) is 0 Å². The minimum absolute atomic E-state index is 0.00381. The van der Waals surface area contributed by atoms with Crippen LogP contribution >= 0.6 is 0 Å². The molecule has 25 heavy (non-hydrogen) atoms. The van der Waals surface area contributed by atoms with Crippen LogP contribution in [-0.2, 0) is 5.60 Å². The molecule has 0 bridgehead atoms. The SMILES string of the molecule is C=C(C)C1CC(O)C(C)=CC1C(O)(c1ccccc1)c1ccccc1. The predicted octanol–water partition coefficient (Wildman–Crippen LogP) is 4.44. The maximum atomic E-state index is 12.0. The number of allylic oxidation sites excluding steroid dienone is 1. The van der Waals surface area contributed by atoms with Gasteiger partial charge in [0.15, 0.2) is 0 Å². The molecule has 2 aromatic rings. The van der Waals surface area contributed by atoms with E-state index < -0.39 is 11.7 Å². The fourth-order valence-corrected chi connectivity index (χ4v) is 3.94. The second kappa shape index (κ2) is 6.99. The summed E-state index contributed by atoms with van der Waals surface area (Å²) < 4.78 is 0. The number of aliphatic hydroxyl groups excluding tert-OH is 1. The molecule has 1 aliphatic rings. The monoisotopic (exact) mass is 334 g/mol. The van der Waals surface area contributed by atoms with Crippen LogP contribution in [0.2, 0.25) is 0 Å². The largest absolute Gasteiger partial charge is 0.389 e. The Morgan fingerprint density at radius 1 is 1.00 bits per heavy atom. The van der Waals surface area contributed by atoms with Gasteiger partial charge >= 0.3 is 0 Å². The summed E-state index contributed by atoms with van der Waals surface area (Å²) in [6.07, 6.45) is 2.14. The van der Waals surface area contributed by atoms with Crippen LogP contribution in [0.25, 0.3) is 0 Å². The van der Waals surface area contributed by atoms with Crippen LogP contribution in [0.15, 0.2) is 84.5 Å². The maximum Gasteiger partial charge on any atom is 0.121 e. The van der Waals surface area contributed by atoms with E-state index in [1.54, 1.807) is 0 Å².